The quantitative estimate of drug-likeness (QED) is 0.824. The first-order valence-corrected chi connectivity index (χ1v) is 6.69. The van der Waals surface area contributed by atoms with Crippen molar-refractivity contribution in [3.63, 3.8) is 0 Å². The van der Waals surface area contributed by atoms with Crippen molar-refractivity contribution in [2.45, 2.75) is 13.0 Å². The van der Waals surface area contributed by atoms with Gasteiger partial charge in [0, 0.05) is 19.1 Å². The first-order valence-electron chi connectivity index (χ1n) is 5.90. The fraction of sp³-hybridized carbons (Fsp3) is 0.636. The van der Waals surface area contributed by atoms with Crippen LogP contribution in [0.25, 0.3) is 0 Å². The molecule has 1 atom stereocenters. The molecule has 7 heteroatoms. The standard InChI is InChI=1S/C11H16BrN3O3/c12-10-9(13-5-8-1-4-18-7-8)6-14-15(2-3-16)11(10)17/h6,8,13,16H,1-5,7H2. The first kappa shape index (κ1) is 13.5. The van der Waals surface area contributed by atoms with Crippen molar-refractivity contribution >= 4 is 21.6 Å². The normalized spacial score (nSPS) is 19.1. The lowest BCUT2D eigenvalue weighted by atomic mass is 10.1. The Hall–Kier alpha value is -0.920. The van der Waals surface area contributed by atoms with Gasteiger partial charge in [-0.15, -0.1) is 0 Å². The van der Waals surface area contributed by atoms with Crippen molar-refractivity contribution in [2.75, 3.05) is 31.7 Å². The molecule has 18 heavy (non-hydrogen) atoms. The Labute approximate surface area is 113 Å². The number of nitrogens with one attached hydrogen (secondary N) is 1. The maximum Gasteiger partial charge on any atom is 0.283 e. The molecule has 2 N–H and O–H groups in total. The third-order valence-electron chi connectivity index (χ3n) is 2.90. The van der Waals surface area contributed by atoms with Gasteiger partial charge in [-0.3, -0.25) is 4.79 Å². The van der Waals surface area contributed by atoms with Gasteiger partial charge in [-0.1, -0.05) is 0 Å². The van der Waals surface area contributed by atoms with Gasteiger partial charge in [-0.2, -0.15) is 5.10 Å². The Kier molecular flexibility index (Phi) is 4.73. The zero-order valence-electron chi connectivity index (χ0n) is 9.93. The average molecular weight is 318 g/mol. The van der Waals surface area contributed by atoms with Crippen molar-refractivity contribution < 1.29 is 9.84 Å². The number of ether oxygens (including phenoxy) is 1. The van der Waals surface area contributed by atoms with Crippen LogP contribution in [0.5, 0.6) is 0 Å². The number of hydrogen-bond donors (Lipinski definition) is 2. The van der Waals surface area contributed by atoms with Crippen LogP contribution in [0.3, 0.4) is 0 Å². The minimum absolute atomic E-state index is 0.106. The molecule has 0 spiro atoms. The number of nitrogens with zero attached hydrogens (tertiary/aromatic N) is 2. The zero-order valence-corrected chi connectivity index (χ0v) is 11.5. The summed E-state index contributed by atoms with van der Waals surface area (Å²) >= 11 is 3.26. The van der Waals surface area contributed by atoms with E-state index in [4.69, 9.17) is 9.84 Å². The van der Waals surface area contributed by atoms with E-state index in [0.717, 1.165) is 26.2 Å². The van der Waals surface area contributed by atoms with Crippen molar-refractivity contribution in [1.29, 1.82) is 0 Å². The molecule has 0 radical (unpaired) electrons. The van der Waals surface area contributed by atoms with Crippen LogP contribution in [0.2, 0.25) is 0 Å². The van der Waals surface area contributed by atoms with Gasteiger partial charge in [0.1, 0.15) is 4.47 Å². The second-order valence-corrected chi connectivity index (χ2v) is 5.03. The van der Waals surface area contributed by atoms with Crippen LogP contribution in [0.1, 0.15) is 6.42 Å². The lowest BCUT2D eigenvalue weighted by Gasteiger charge is -2.12. The zero-order chi connectivity index (χ0) is 13.0. The van der Waals surface area contributed by atoms with Crippen LogP contribution < -0.4 is 10.9 Å². The molecule has 0 amide bonds. The molecule has 2 rings (SSSR count). The fourth-order valence-corrected chi connectivity index (χ4v) is 2.29. The molecule has 100 valence electrons. The Morgan fingerprint density at radius 3 is 3.17 bits per heavy atom. The third-order valence-corrected chi connectivity index (χ3v) is 3.67. The molecule has 1 aromatic heterocycles. The van der Waals surface area contributed by atoms with E-state index in [-0.39, 0.29) is 18.7 Å². The predicted octanol–water partition coefficient (Wildman–Crippen LogP) is 0.446. The lowest BCUT2D eigenvalue weighted by molar-refractivity contribution is 0.187. The smallest absolute Gasteiger partial charge is 0.283 e. The van der Waals surface area contributed by atoms with Crippen molar-refractivity contribution in [2.24, 2.45) is 5.92 Å². The van der Waals surface area contributed by atoms with E-state index in [2.05, 4.69) is 26.3 Å². The van der Waals surface area contributed by atoms with E-state index < -0.39 is 0 Å². The second-order valence-electron chi connectivity index (χ2n) is 4.23. The molecule has 0 aromatic carbocycles. The summed E-state index contributed by atoms with van der Waals surface area (Å²) in [6.07, 6.45) is 2.64. The molecule has 1 aromatic rings. The molecule has 0 saturated carbocycles. The van der Waals surface area contributed by atoms with Crippen LogP contribution in [0.15, 0.2) is 15.5 Å². The lowest BCUT2D eigenvalue weighted by Crippen LogP contribution is -2.26. The van der Waals surface area contributed by atoms with Gasteiger partial charge in [0.25, 0.3) is 5.56 Å². The van der Waals surface area contributed by atoms with E-state index in [9.17, 15) is 4.79 Å². The third kappa shape index (κ3) is 3.09. The monoisotopic (exact) mass is 317 g/mol. The molecule has 1 saturated heterocycles. The summed E-state index contributed by atoms with van der Waals surface area (Å²) in [7, 11) is 0. The van der Waals surface area contributed by atoms with Crippen LogP contribution in [0, 0.1) is 5.92 Å². The Balaban J connectivity index is 2.04. The topological polar surface area (TPSA) is 76.4 Å². The molecule has 1 fully saturated rings. The van der Waals surface area contributed by atoms with Gasteiger partial charge in [-0.05, 0) is 22.4 Å². The number of aromatic nitrogens is 2. The second kappa shape index (κ2) is 6.31. The molecule has 6 nitrogen and oxygen atoms in total. The Morgan fingerprint density at radius 1 is 1.67 bits per heavy atom. The van der Waals surface area contributed by atoms with Gasteiger partial charge < -0.3 is 15.2 Å². The van der Waals surface area contributed by atoms with Gasteiger partial charge in [0.15, 0.2) is 0 Å². The molecule has 1 unspecified atom stereocenters. The number of halogens is 1. The number of anilines is 1. The summed E-state index contributed by atoms with van der Waals surface area (Å²) in [5.41, 5.74) is 0.442. The Morgan fingerprint density at radius 2 is 2.50 bits per heavy atom. The predicted molar refractivity (Wildman–Crippen MR) is 70.7 cm³/mol. The largest absolute Gasteiger partial charge is 0.394 e. The summed E-state index contributed by atoms with van der Waals surface area (Å²) < 4.78 is 6.97. The summed E-state index contributed by atoms with van der Waals surface area (Å²) in [4.78, 5) is 11.9. The highest BCUT2D eigenvalue weighted by molar-refractivity contribution is 9.10. The fourth-order valence-electron chi connectivity index (χ4n) is 1.84. The molecular formula is C11H16BrN3O3. The SMILES string of the molecule is O=c1c(Br)c(NCC2CCOC2)cnn1CCO. The van der Waals surface area contributed by atoms with E-state index >= 15 is 0 Å². The maximum atomic E-state index is 11.9. The maximum absolute atomic E-state index is 11.9. The summed E-state index contributed by atoms with van der Waals surface area (Å²) in [6.45, 7) is 2.44. The number of aliphatic hydroxyl groups excluding tert-OH is 1. The minimum atomic E-state index is -0.239. The summed E-state index contributed by atoms with van der Waals surface area (Å²) in [6, 6.07) is 0. The molecule has 2 heterocycles. The highest BCUT2D eigenvalue weighted by Crippen LogP contribution is 2.18. The summed E-state index contributed by atoms with van der Waals surface area (Å²) in [5.74, 6) is 0.483. The Bertz CT molecular complexity index is 457. The van der Waals surface area contributed by atoms with Crippen molar-refractivity contribution in [3.05, 3.63) is 21.0 Å². The molecule has 0 bridgehead atoms. The van der Waals surface area contributed by atoms with Crippen LogP contribution in [0.4, 0.5) is 5.69 Å². The van der Waals surface area contributed by atoms with E-state index in [1.165, 1.54) is 4.68 Å². The van der Waals surface area contributed by atoms with E-state index in [1.54, 1.807) is 6.20 Å². The number of rotatable bonds is 5. The highest BCUT2D eigenvalue weighted by Gasteiger charge is 2.16. The average Bonchev–Trinajstić information content (AvgIpc) is 2.87. The number of hydrogen-bond acceptors (Lipinski definition) is 5. The molecule has 0 aliphatic carbocycles. The van der Waals surface area contributed by atoms with Crippen molar-refractivity contribution in [1.82, 2.24) is 9.78 Å². The molecule has 1 aliphatic heterocycles. The van der Waals surface area contributed by atoms with Crippen LogP contribution >= 0.6 is 15.9 Å². The molecule has 1 aliphatic rings. The number of aliphatic hydroxyl groups is 1. The van der Waals surface area contributed by atoms with Gasteiger partial charge >= 0.3 is 0 Å². The van der Waals surface area contributed by atoms with E-state index in [1.807, 2.05) is 0 Å². The highest BCUT2D eigenvalue weighted by atomic mass is 79.9. The van der Waals surface area contributed by atoms with Gasteiger partial charge in [-0.25, -0.2) is 4.68 Å². The minimum Gasteiger partial charge on any atom is -0.394 e. The van der Waals surface area contributed by atoms with Crippen molar-refractivity contribution in [3.8, 4) is 0 Å². The van der Waals surface area contributed by atoms with Gasteiger partial charge in [0.05, 0.1) is 31.6 Å². The first-order chi connectivity index (χ1) is 8.72. The molecular weight excluding hydrogens is 302 g/mol. The van der Waals surface area contributed by atoms with Crippen LogP contribution in [-0.4, -0.2) is 41.3 Å². The summed E-state index contributed by atoms with van der Waals surface area (Å²) in [5, 5.41) is 16.0. The van der Waals surface area contributed by atoms with Gasteiger partial charge in [0.2, 0.25) is 0 Å². The van der Waals surface area contributed by atoms with Crippen LogP contribution in [-0.2, 0) is 11.3 Å². The van der Waals surface area contributed by atoms with E-state index in [0.29, 0.717) is 16.1 Å².